The first kappa shape index (κ1) is 21.7. The molecular formula is C25H37N5O2. The highest BCUT2D eigenvalue weighted by atomic mass is 16.5. The Bertz CT molecular complexity index is 901. The summed E-state index contributed by atoms with van der Waals surface area (Å²) in [4.78, 5) is 20.1. The molecule has 0 aromatic carbocycles. The highest BCUT2D eigenvalue weighted by Crippen LogP contribution is 2.28. The molecule has 32 heavy (non-hydrogen) atoms. The number of imidazole rings is 1. The molecule has 3 fully saturated rings. The van der Waals surface area contributed by atoms with E-state index in [1.54, 1.807) is 10.8 Å². The fourth-order valence-corrected chi connectivity index (χ4v) is 5.62. The van der Waals surface area contributed by atoms with Crippen LogP contribution in [-0.4, -0.2) is 57.3 Å². The molecule has 2 aromatic rings. The zero-order valence-corrected chi connectivity index (χ0v) is 19.1. The van der Waals surface area contributed by atoms with E-state index in [1.807, 2.05) is 29.1 Å². The molecule has 0 spiro atoms. The molecule has 0 atom stereocenters. The maximum absolute atomic E-state index is 13.1. The van der Waals surface area contributed by atoms with Crippen LogP contribution in [-0.2, 0) is 0 Å². The molecule has 1 aliphatic heterocycles. The standard InChI is InChI=1S/C25H37N5O2/c31-25-29(21-9-7-20(8-10-21)26-13-16-28-14-3-4-15-28)17-18-30(25)22-11-12-24(27-19-22)32-23-5-1-2-6-23/h11-12,17-21,23,26H,1-10,13-16H2. The van der Waals surface area contributed by atoms with Gasteiger partial charge in [0.2, 0.25) is 5.88 Å². The number of nitrogens with one attached hydrogen (secondary N) is 1. The van der Waals surface area contributed by atoms with E-state index in [2.05, 4.69) is 15.2 Å². The summed E-state index contributed by atoms with van der Waals surface area (Å²) < 4.78 is 9.57. The smallest absolute Gasteiger partial charge is 0.333 e. The van der Waals surface area contributed by atoms with Crippen molar-refractivity contribution in [1.29, 1.82) is 0 Å². The van der Waals surface area contributed by atoms with E-state index in [1.165, 1.54) is 45.3 Å². The van der Waals surface area contributed by atoms with Gasteiger partial charge in [0.05, 0.1) is 11.9 Å². The Morgan fingerprint density at radius 1 is 0.969 bits per heavy atom. The molecule has 3 heterocycles. The fraction of sp³-hybridized carbons (Fsp3) is 0.680. The van der Waals surface area contributed by atoms with Gasteiger partial charge in [-0.25, -0.2) is 9.78 Å². The Balaban J connectivity index is 1.13. The summed E-state index contributed by atoms with van der Waals surface area (Å²) in [6, 6.07) is 4.70. The lowest BCUT2D eigenvalue weighted by Crippen LogP contribution is -2.39. The number of aromatic nitrogens is 3. The molecule has 0 amide bonds. The van der Waals surface area contributed by atoms with Crippen molar-refractivity contribution in [3.05, 3.63) is 41.2 Å². The second-order valence-electron chi connectivity index (χ2n) is 9.75. The molecule has 0 radical (unpaired) electrons. The van der Waals surface area contributed by atoms with E-state index >= 15 is 0 Å². The van der Waals surface area contributed by atoms with Crippen molar-refractivity contribution >= 4 is 0 Å². The number of hydrogen-bond donors (Lipinski definition) is 1. The second kappa shape index (κ2) is 10.2. The molecule has 1 N–H and O–H groups in total. The summed E-state index contributed by atoms with van der Waals surface area (Å²) in [5.41, 5.74) is 0.825. The van der Waals surface area contributed by atoms with Gasteiger partial charge >= 0.3 is 5.69 Å². The topological polar surface area (TPSA) is 64.3 Å². The van der Waals surface area contributed by atoms with Gasteiger partial charge in [-0.05, 0) is 83.4 Å². The summed E-state index contributed by atoms with van der Waals surface area (Å²) in [5, 5.41) is 3.74. The first-order chi connectivity index (χ1) is 15.8. The molecule has 2 aromatic heterocycles. The Morgan fingerprint density at radius 3 is 2.47 bits per heavy atom. The summed E-state index contributed by atoms with van der Waals surface area (Å²) in [6.45, 7) is 4.78. The molecule has 0 bridgehead atoms. The number of likely N-dealkylation sites (tertiary alicyclic amines) is 1. The number of hydrogen-bond acceptors (Lipinski definition) is 5. The minimum Gasteiger partial charge on any atom is -0.474 e. The van der Waals surface area contributed by atoms with Crippen LogP contribution in [0.4, 0.5) is 0 Å². The first-order valence-electron chi connectivity index (χ1n) is 12.6. The Hall–Kier alpha value is -2.12. The third-order valence-corrected chi connectivity index (χ3v) is 7.54. The van der Waals surface area contributed by atoms with Crippen molar-refractivity contribution in [2.24, 2.45) is 0 Å². The summed E-state index contributed by atoms with van der Waals surface area (Å²) in [6.07, 6.45) is 17.6. The van der Waals surface area contributed by atoms with Crippen LogP contribution in [0.15, 0.2) is 35.5 Å². The molecule has 1 saturated heterocycles. The molecule has 0 unspecified atom stereocenters. The lowest BCUT2D eigenvalue weighted by atomic mass is 9.91. The van der Waals surface area contributed by atoms with Crippen molar-refractivity contribution < 1.29 is 4.74 Å². The SMILES string of the molecule is O=c1n(-c2ccc(OC3CCCC3)nc2)ccn1C1CCC(NCCN2CCCC2)CC1. The van der Waals surface area contributed by atoms with Gasteiger partial charge in [0, 0.05) is 43.6 Å². The average Bonchev–Trinajstić information content (AvgIpc) is 3.58. The fourth-order valence-electron chi connectivity index (χ4n) is 5.62. The third kappa shape index (κ3) is 5.09. The lowest BCUT2D eigenvalue weighted by molar-refractivity contribution is 0.201. The van der Waals surface area contributed by atoms with Gasteiger partial charge in [-0.1, -0.05) is 0 Å². The maximum atomic E-state index is 13.1. The molecule has 174 valence electrons. The van der Waals surface area contributed by atoms with E-state index in [9.17, 15) is 4.79 Å². The van der Waals surface area contributed by atoms with Crippen molar-refractivity contribution in [1.82, 2.24) is 24.3 Å². The van der Waals surface area contributed by atoms with Gasteiger partial charge in [0.15, 0.2) is 0 Å². The predicted molar refractivity (Wildman–Crippen MR) is 126 cm³/mol. The van der Waals surface area contributed by atoms with Gasteiger partial charge in [-0.3, -0.25) is 9.13 Å². The van der Waals surface area contributed by atoms with E-state index in [0.29, 0.717) is 24.1 Å². The molecule has 5 rings (SSSR count). The zero-order valence-electron chi connectivity index (χ0n) is 19.1. The zero-order chi connectivity index (χ0) is 21.8. The number of rotatable bonds is 8. The van der Waals surface area contributed by atoms with E-state index in [-0.39, 0.29) is 5.69 Å². The highest BCUT2D eigenvalue weighted by molar-refractivity contribution is 5.31. The average molecular weight is 440 g/mol. The Morgan fingerprint density at radius 2 is 1.75 bits per heavy atom. The third-order valence-electron chi connectivity index (χ3n) is 7.54. The molecule has 2 saturated carbocycles. The first-order valence-corrected chi connectivity index (χ1v) is 12.6. The van der Waals surface area contributed by atoms with Crippen molar-refractivity contribution in [2.45, 2.75) is 82.4 Å². The number of pyridine rings is 1. The maximum Gasteiger partial charge on any atom is 0.333 e. The van der Waals surface area contributed by atoms with Gasteiger partial charge in [0.25, 0.3) is 0 Å². The van der Waals surface area contributed by atoms with Crippen molar-refractivity contribution in [3.63, 3.8) is 0 Å². The molecule has 2 aliphatic carbocycles. The van der Waals surface area contributed by atoms with Crippen LogP contribution in [0.2, 0.25) is 0 Å². The largest absolute Gasteiger partial charge is 0.474 e. The summed E-state index contributed by atoms with van der Waals surface area (Å²) in [7, 11) is 0. The van der Waals surface area contributed by atoms with Crippen molar-refractivity contribution in [3.8, 4) is 11.6 Å². The van der Waals surface area contributed by atoms with Crippen LogP contribution in [0.5, 0.6) is 5.88 Å². The highest BCUT2D eigenvalue weighted by Gasteiger charge is 2.24. The van der Waals surface area contributed by atoms with Crippen LogP contribution in [0.25, 0.3) is 5.69 Å². The second-order valence-corrected chi connectivity index (χ2v) is 9.75. The normalized spacial score (nSPS) is 24.9. The summed E-state index contributed by atoms with van der Waals surface area (Å²) >= 11 is 0. The predicted octanol–water partition coefficient (Wildman–Crippen LogP) is 3.52. The quantitative estimate of drug-likeness (QED) is 0.682. The van der Waals surface area contributed by atoms with Crippen LogP contribution >= 0.6 is 0 Å². The van der Waals surface area contributed by atoms with E-state index < -0.39 is 0 Å². The van der Waals surface area contributed by atoms with Crippen LogP contribution in [0.1, 0.15) is 70.3 Å². The Kier molecular flexibility index (Phi) is 6.93. The van der Waals surface area contributed by atoms with Crippen LogP contribution < -0.4 is 15.7 Å². The molecule has 7 heteroatoms. The van der Waals surface area contributed by atoms with Gasteiger partial charge in [0.1, 0.15) is 6.10 Å². The molecule has 7 nitrogen and oxygen atoms in total. The summed E-state index contributed by atoms with van der Waals surface area (Å²) in [5.74, 6) is 0.656. The number of ether oxygens (including phenoxy) is 1. The van der Waals surface area contributed by atoms with E-state index in [4.69, 9.17) is 4.74 Å². The van der Waals surface area contributed by atoms with Gasteiger partial charge in [-0.2, -0.15) is 0 Å². The minimum atomic E-state index is 0.0294. The van der Waals surface area contributed by atoms with Gasteiger partial charge < -0.3 is 15.0 Å². The minimum absolute atomic E-state index is 0.0294. The van der Waals surface area contributed by atoms with Crippen molar-refractivity contribution in [2.75, 3.05) is 26.2 Å². The molecule has 3 aliphatic rings. The van der Waals surface area contributed by atoms with Crippen LogP contribution in [0, 0.1) is 0 Å². The Labute approximate surface area is 190 Å². The van der Waals surface area contributed by atoms with Gasteiger partial charge in [-0.15, -0.1) is 0 Å². The van der Waals surface area contributed by atoms with E-state index in [0.717, 1.165) is 50.8 Å². The molecular weight excluding hydrogens is 402 g/mol. The van der Waals surface area contributed by atoms with Crippen LogP contribution in [0.3, 0.4) is 0 Å². The monoisotopic (exact) mass is 439 g/mol. The number of nitrogens with zero attached hydrogens (tertiary/aromatic N) is 4. The lowest BCUT2D eigenvalue weighted by Gasteiger charge is -2.30.